The minimum atomic E-state index is -0.388. The number of halogens is 1. The summed E-state index contributed by atoms with van der Waals surface area (Å²) in [7, 11) is 0. The maximum Gasteiger partial charge on any atom is 0.249 e. The van der Waals surface area contributed by atoms with Gasteiger partial charge in [-0.2, -0.15) is 0 Å². The van der Waals surface area contributed by atoms with E-state index in [1.54, 1.807) is 0 Å². The summed E-state index contributed by atoms with van der Waals surface area (Å²) in [6.45, 7) is 2.04. The normalized spacial score (nSPS) is 33.0. The zero-order valence-corrected chi connectivity index (χ0v) is 16.0. The van der Waals surface area contributed by atoms with Gasteiger partial charge in [0.05, 0.1) is 0 Å². The Morgan fingerprint density at radius 2 is 1.81 bits per heavy atom. The van der Waals surface area contributed by atoms with Gasteiger partial charge in [-0.25, -0.2) is 0 Å². The topological polar surface area (TPSA) is 61.4 Å². The van der Waals surface area contributed by atoms with Gasteiger partial charge in [-0.15, -0.1) is 12.4 Å². The van der Waals surface area contributed by atoms with Crippen molar-refractivity contribution in [3.8, 4) is 0 Å². The number of nitrogens with zero attached hydrogens (tertiary/aromatic N) is 1. The standard InChI is InChI=1S/C20H27N3O2.ClH/c1-13-9-18(20(25)23(13)17-5-3-2-4-6-17)22-19(24)12-14-10-15-7-8-16(11-14)21-15;/h2-6,13-16,18,21H,7-12H2,1H3,(H,22,24);1H. The molecule has 0 aromatic heterocycles. The fourth-order valence-corrected chi connectivity index (χ4v) is 4.88. The van der Waals surface area contributed by atoms with Crippen molar-refractivity contribution in [2.24, 2.45) is 5.92 Å². The second-order valence-electron chi connectivity index (χ2n) is 7.93. The van der Waals surface area contributed by atoms with Crippen LogP contribution in [0.25, 0.3) is 0 Å². The highest BCUT2D eigenvalue weighted by Crippen LogP contribution is 2.33. The van der Waals surface area contributed by atoms with Gasteiger partial charge in [0.25, 0.3) is 0 Å². The first-order valence-corrected chi connectivity index (χ1v) is 9.53. The Bertz CT molecular complexity index is 642. The van der Waals surface area contributed by atoms with Crippen LogP contribution in [-0.4, -0.2) is 36.0 Å². The molecular formula is C20H28ClN3O2. The highest BCUT2D eigenvalue weighted by atomic mass is 35.5. The molecule has 3 saturated heterocycles. The van der Waals surface area contributed by atoms with E-state index in [1.165, 1.54) is 12.8 Å². The van der Waals surface area contributed by atoms with Crippen molar-refractivity contribution < 1.29 is 9.59 Å². The molecule has 142 valence electrons. The Hall–Kier alpha value is -1.59. The summed E-state index contributed by atoms with van der Waals surface area (Å²) in [6.07, 6.45) is 5.90. The molecule has 2 amide bonds. The lowest BCUT2D eigenvalue weighted by Gasteiger charge is -2.28. The Morgan fingerprint density at radius 3 is 2.46 bits per heavy atom. The fraction of sp³-hybridized carbons (Fsp3) is 0.600. The number of nitrogens with one attached hydrogen (secondary N) is 2. The van der Waals surface area contributed by atoms with Gasteiger partial charge in [-0.05, 0) is 57.1 Å². The number of fused-ring (bicyclic) bond motifs is 2. The summed E-state index contributed by atoms with van der Waals surface area (Å²) >= 11 is 0. The summed E-state index contributed by atoms with van der Waals surface area (Å²) in [5, 5.41) is 6.62. The van der Waals surface area contributed by atoms with Crippen molar-refractivity contribution in [2.75, 3.05) is 4.90 Å². The summed E-state index contributed by atoms with van der Waals surface area (Å²) in [4.78, 5) is 27.1. The largest absolute Gasteiger partial charge is 0.344 e. The van der Waals surface area contributed by atoms with Gasteiger partial charge in [0.2, 0.25) is 11.8 Å². The van der Waals surface area contributed by atoms with Crippen LogP contribution >= 0.6 is 12.4 Å². The average Bonchev–Trinajstić information content (AvgIpc) is 3.07. The first-order chi connectivity index (χ1) is 12.1. The molecule has 3 aliphatic rings. The molecule has 2 N–H and O–H groups in total. The van der Waals surface area contributed by atoms with E-state index >= 15 is 0 Å². The van der Waals surface area contributed by atoms with E-state index in [4.69, 9.17) is 0 Å². The zero-order chi connectivity index (χ0) is 17.4. The molecule has 0 aliphatic carbocycles. The Morgan fingerprint density at radius 1 is 1.15 bits per heavy atom. The van der Waals surface area contributed by atoms with E-state index in [0.717, 1.165) is 18.5 Å². The van der Waals surface area contributed by atoms with Crippen LogP contribution < -0.4 is 15.5 Å². The smallest absolute Gasteiger partial charge is 0.249 e. The maximum atomic E-state index is 12.8. The zero-order valence-electron chi connectivity index (χ0n) is 15.2. The second kappa shape index (κ2) is 7.97. The van der Waals surface area contributed by atoms with Crippen LogP contribution in [-0.2, 0) is 9.59 Å². The summed E-state index contributed by atoms with van der Waals surface area (Å²) in [6, 6.07) is 10.6. The Labute approximate surface area is 161 Å². The van der Waals surface area contributed by atoms with Gasteiger partial charge in [0, 0.05) is 30.2 Å². The first-order valence-electron chi connectivity index (χ1n) is 9.53. The molecule has 0 spiro atoms. The minimum Gasteiger partial charge on any atom is -0.344 e. The summed E-state index contributed by atoms with van der Waals surface area (Å²) < 4.78 is 0. The number of benzene rings is 1. The van der Waals surface area contributed by atoms with E-state index in [2.05, 4.69) is 10.6 Å². The number of hydrogen-bond donors (Lipinski definition) is 2. The first kappa shape index (κ1) is 19.2. The van der Waals surface area contributed by atoms with Crippen LogP contribution in [0.15, 0.2) is 30.3 Å². The van der Waals surface area contributed by atoms with Gasteiger partial charge in [0.1, 0.15) is 6.04 Å². The van der Waals surface area contributed by atoms with Gasteiger partial charge < -0.3 is 15.5 Å². The number of rotatable bonds is 4. The van der Waals surface area contributed by atoms with E-state index in [0.29, 0.717) is 30.8 Å². The van der Waals surface area contributed by atoms with Crippen molar-refractivity contribution in [1.82, 2.24) is 10.6 Å². The highest BCUT2D eigenvalue weighted by Gasteiger charge is 2.39. The third-order valence-electron chi connectivity index (χ3n) is 5.97. The fourth-order valence-electron chi connectivity index (χ4n) is 4.88. The second-order valence-corrected chi connectivity index (χ2v) is 7.93. The lowest BCUT2D eigenvalue weighted by molar-refractivity contribution is -0.127. The predicted molar refractivity (Wildman–Crippen MR) is 104 cm³/mol. The molecule has 0 saturated carbocycles. The van der Waals surface area contributed by atoms with Crippen LogP contribution in [0.2, 0.25) is 0 Å². The molecule has 2 bridgehead atoms. The van der Waals surface area contributed by atoms with Crippen molar-refractivity contribution in [1.29, 1.82) is 0 Å². The number of amides is 2. The molecule has 3 heterocycles. The lowest BCUT2D eigenvalue weighted by atomic mass is 9.89. The Kier molecular flexibility index (Phi) is 5.88. The molecule has 4 atom stereocenters. The van der Waals surface area contributed by atoms with Crippen LogP contribution in [0.4, 0.5) is 5.69 Å². The van der Waals surface area contributed by atoms with Gasteiger partial charge in [0.15, 0.2) is 0 Å². The molecule has 6 heteroatoms. The number of hydrogen-bond acceptors (Lipinski definition) is 3. The van der Waals surface area contributed by atoms with Crippen LogP contribution in [0.3, 0.4) is 0 Å². The van der Waals surface area contributed by atoms with Crippen molar-refractivity contribution in [3.63, 3.8) is 0 Å². The summed E-state index contributed by atoms with van der Waals surface area (Å²) in [5.41, 5.74) is 0.909. The molecule has 3 fully saturated rings. The van der Waals surface area contributed by atoms with E-state index in [1.807, 2.05) is 42.2 Å². The van der Waals surface area contributed by atoms with Crippen molar-refractivity contribution >= 4 is 29.9 Å². The summed E-state index contributed by atoms with van der Waals surface area (Å²) in [5.74, 6) is 0.502. The molecule has 4 unspecified atom stereocenters. The van der Waals surface area contributed by atoms with E-state index in [9.17, 15) is 9.59 Å². The van der Waals surface area contributed by atoms with Crippen LogP contribution in [0, 0.1) is 5.92 Å². The Balaban J connectivity index is 0.00000196. The van der Waals surface area contributed by atoms with Crippen molar-refractivity contribution in [3.05, 3.63) is 30.3 Å². The quantitative estimate of drug-likeness (QED) is 0.847. The molecule has 1 aromatic rings. The number of anilines is 1. The molecule has 5 nitrogen and oxygen atoms in total. The van der Waals surface area contributed by atoms with Crippen molar-refractivity contribution in [2.45, 2.75) is 69.6 Å². The van der Waals surface area contributed by atoms with Crippen LogP contribution in [0.5, 0.6) is 0 Å². The van der Waals surface area contributed by atoms with Gasteiger partial charge in [-0.1, -0.05) is 18.2 Å². The van der Waals surface area contributed by atoms with E-state index in [-0.39, 0.29) is 36.3 Å². The molecule has 0 radical (unpaired) electrons. The third-order valence-corrected chi connectivity index (χ3v) is 5.97. The maximum absolute atomic E-state index is 12.8. The number of carbonyl (C=O) groups excluding carboxylic acids is 2. The van der Waals surface area contributed by atoms with Gasteiger partial charge >= 0.3 is 0 Å². The van der Waals surface area contributed by atoms with Gasteiger partial charge in [-0.3, -0.25) is 9.59 Å². The highest BCUT2D eigenvalue weighted by molar-refractivity contribution is 6.02. The molecular weight excluding hydrogens is 350 g/mol. The van der Waals surface area contributed by atoms with E-state index < -0.39 is 0 Å². The minimum absolute atomic E-state index is 0. The molecule has 4 rings (SSSR count). The third kappa shape index (κ3) is 3.89. The monoisotopic (exact) mass is 377 g/mol. The lowest BCUT2D eigenvalue weighted by Crippen LogP contribution is -2.44. The molecule has 3 aliphatic heterocycles. The molecule has 1 aromatic carbocycles. The molecule has 26 heavy (non-hydrogen) atoms. The number of piperidine rings is 1. The average molecular weight is 378 g/mol. The number of para-hydroxylation sites is 1. The SMILES string of the molecule is CC1CC(NC(=O)CC2CC3CCC(C2)N3)C(=O)N1c1ccccc1.Cl. The number of carbonyl (C=O) groups is 2. The van der Waals surface area contributed by atoms with Crippen LogP contribution in [0.1, 0.15) is 45.4 Å². The predicted octanol–water partition coefficient (Wildman–Crippen LogP) is 2.64.